The number of rotatable bonds is 8. The maximum Gasteiger partial charge on any atom is 0.242 e. The molecule has 0 aliphatic rings. The number of amides is 2. The molecule has 0 bridgehead atoms. The minimum absolute atomic E-state index is 0.00827. The van der Waals surface area contributed by atoms with Crippen molar-refractivity contribution in [2.75, 3.05) is 6.54 Å². The van der Waals surface area contributed by atoms with Crippen LogP contribution >= 0.6 is 0 Å². The van der Waals surface area contributed by atoms with Gasteiger partial charge in [0.1, 0.15) is 6.04 Å². The van der Waals surface area contributed by atoms with E-state index in [0.717, 1.165) is 0 Å². The fourth-order valence-electron chi connectivity index (χ4n) is 1.52. The van der Waals surface area contributed by atoms with Crippen molar-refractivity contribution in [2.24, 2.45) is 17.6 Å². The first-order valence-electron chi connectivity index (χ1n) is 6.48. The maximum absolute atomic E-state index is 11.9. The van der Waals surface area contributed by atoms with E-state index in [1.807, 2.05) is 27.7 Å². The van der Waals surface area contributed by atoms with E-state index in [2.05, 4.69) is 10.6 Å². The normalized spacial score (nSPS) is 14.1. The molecule has 1 radical (unpaired) electrons. The fourth-order valence-corrected chi connectivity index (χ4v) is 1.52. The predicted octanol–water partition coefficient (Wildman–Crippen LogP) is -0.273. The summed E-state index contributed by atoms with van der Waals surface area (Å²) < 4.78 is 0. The van der Waals surface area contributed by atoms with E-state index in [0.29, 0.717) is 6.42 Å². The molecule has 2 atom stereocenters. The van der Waals surface area contributed by atoms with Gasteiger partial charge in [0.25, 0.3) is 0 Å². The van der Waals surface area contributed by atoms with Crippen LogP contribution in [0.2, 0.25) is 0 Å². The molecule has 0 aromatic heterocycles. The lowest BCUT2D eigenvalue weighted by Crippen LogP contribution is -2.53. The minimum atomic E-state index is -0.675. The molecule has 0 rings (SSSR count). The van der Waals surface area contributed by atoms with Crippen LogP contribution in [0.4, 0.5) is 0 Å². The van der Waals surface area contributed by atoms with Gasteiger partial charge in [-0.3, -0.25) is 14.4 Å². The molecule has 109 valence electrons. The van der Waals surface area contributed by atoms with Crippen LogP contribution in [0.15, 0.2) is 0 Å². The van der Waals surface area contributed by atoms with Gasteiger partial charge in [0.05, 0.1) is 12.6 Å². The number of nitrogens with one attached hydrogen (secondary N) is 2. The van der Waals surface area contributed by atoms with Crippen molar-refractivity contribution in [3.05, 3.63) is 0 Å². The molecule has 0 saturated heterocycles. The van der Waals surface area contributed by atoms with E-state index in [4.69, 9.17) is 5.73 Å². The van der Waals surface area contributed by atoms with E-state index in [1.54, 1.807) is 6.29 Å². The van der Waals surface area contributed by atoms with Gasteiger partial charge in [-0.25, -0.2) is 0 Å². The lowest BCUT2D eigenvalue weighted by molar-refractivity contribution is -0.130. The largest absolute Gasteiger partial charge is 0.347 e. The van der Waals surface area contributed by atoms with Crippen molar-refractivity contribution in [3.8, 4) is 0 Å². The molecule has 2 unspecified atom stereocenters. The van der Waals surface area contributed by atoms with Gasteiger partial charge in [0, 0.05) is 0 Å². The highest BCUT2D eigenvalue weighted by molar-refractivity contribution is 5.90. The highest BCUT2D eigenvalue weighted by atomic mass is 16.2. The molecule has 0 heterocycles. The molecular weight excluding hydrogens is 246 g/mol. The smallest absolute Gasteiger partial charge is 0.242 e. The van der Waals surface area contributed by atoms with Gasteiger partial charge in [0.15, 0.2) is 0 Å². The molecule has 6 nitrogen and oxygen atoms in total. The van der Waals surface area contributed by atoms with Gasteiger partial charge >= 0.3 is 0 Å². The Labute approximate surface area is 114 Å². The Morgan fingerprint density at radius 2 is 1.74 bits per heavy atom. The van der Waals surface area contributed by atoms with Crippen molar-refractivity contribution >= 4 is 18.1 Å². The van der Waals surface area contributed by atoms with Gasteiger partial charge in [-0.05, 0) is 18.3 Å². The fraction of sp³-hybridized carbons (Fsp3) is 0.769. The van der Waals surface area contributed by atoms with E-state index >= 15 is 0 Å². The molecular formula is C13H24N3O3. The zero-order valence-corrected chi connectivity index (χ0v) is 12.0. The summed E-state index contributed by atoms with van der Waals surface area (Å²) in [4.78, 5) is 33.8. The summed E-state index contributed by atoms with van der Waals surface area (Å²) in [5.74, 6) is -0.523. The van der Waals surface area contributed by atoms with Gasteiger partial charge in [-0.2, -0.15) is 0 Å². The van der Waals surface area contributed by atoms with Crippen molar-refractivity contribution in [2.45, 2.75) is 46.2 Å². The SMILES string of the molecule is CC(C)CC(NC(=O)C(N)C(C)C)C(=O)NC[C]=O. The zero-order chi connectivity index (χ0) is 15.0. The Kier molecular flexibility index (Phi) is 7.98. The summed E-state index contributed by atoms with van der Waals surface area (Å²) in [5, 5.41) is 5.03. The molecule has 0 saturated carbocycles. The van der Waals surface area contributed by atoms with E-state index in [9.17, 15) is 14.4 Å². The first-order chi connectivity index (χ1) is 8.79. The number of carbonyl (C=O) groups excluding carboxylic acids is 3. The lowest BCUT2D eigenvalue weighted by Gasteiger charge is -2.23. The molecule has 0 aromatic carbocycles. The molecule has 0 fully saturated rings. The molecule has 0 aliphatic heterocycles. The van der Waals surface area contributed by atoms with Crippen LogP contribution in [-0.4, -0.2) is 36.7 Å². The second-order valence-corrected chi connectivity index (χ2v) is 5.32. The summed E-state index contributed by atoms with van der Waals surface area (Å²) in [5.41, 5.74) is 5.73. The third-order valence-corrected chi connectivity index (χ3v) is 2.70. The molecule has 2 amide bonds. The van der Waals surface area contributed by atoms with Crippen molar-refractivity contribution < 1.29 is 14.4 Å². The monoisotopic (exact) mass is 270 g/mol. The third-order valence-electron chi connectivity index (χ3n) is 2.70. The van der Waals surface area contributed by atoms with Crippen LogP contribution < -0.4 is 16.4 Å². The Morgan fingerprint density at radius 3 is 2.16 bits per heavy atom. The van der Waals surface area contributed by atoms with Crippen LogP contribution in [0, 0.1) is 11.8 Å². The predicted molar refractivity (Wildman–Crippen MR) is 72.9 cm³/mol. The second-order valence-electron chi connectivity index (χ2n) is 5.32. The zero-order valence-electron chi connectivity index (χ0n) is 12.0. The average Bonchev–Trinajstić information content (AvgIpc) is 2.33. The van der Waals surface area contributed by atoms with Gasteiger partial charge in [0.2, 0.25) is 18.1 Å². The number of nitrogens with two attached hydrogens (primary N) is 1. The van der Waals surface area contributed by atoms with Crippen molar-refractivity contribution in [3.63, 3.8) is 0 Å². The Hall–Kier alpha value is -1.43. The number of carbonyl (C=O) groups is 2. The van der Waals surface area contributed by atoms with Crippen LogP contribution in [-0.2, 0) is 14.4 Å². The highest BCUT2D eigenvalue weighted by Gasteiger charge is 2.25. The molecule has 19 heavy (non-hydrogen) atoms. The standard InChI is InChI=1S/C13H24N3O3/c1-8(2)7-10(12(18)15-5-6-17)16-13(19)11(14)9(3)4/h8-11H,5,7,14H2,1-4H3,(H,15,18)(H,16,19). The van der Waals surface area contributed by atoms with Crippen LogP contribution in [0.25, 0.3) is 0 Å². The lowest BCUT2D eigenvalue weighted by atomic mass is 10.0. The molecule has 0 spiro atoms. The van der Waals surface area contributed by atoms with E-state index < -0.39 is 12.1 Å². The van der Waals surface area contributed by atoms with Gasteiger partial charge < -0.3 is 16.4 Å². The molecule has 6 heteroatoms. The molecule has 4 N–H and O–H groups in total. The van der Waals surface area contributed by atoms with Crippen molar-refractivity contribution in [1.82, 2.24) is 10.6 Å². The second kappa shape index (κ2) is 8.63. The highest BCUT2D eigenvalue weighted by Crippen LogP contribution is 2.06. The Bertz CT molecular complexity index is 316. The first-order valence-corrected chi connectivity index (χ1v) is 6.48. The first kappa shape index (κ1) is 17.6. The topological polar surface area (TPSA) is 101 Å². The van der Waals surface area contributed by atoms with E-state index in [-0.39, 0.29) is 30.2 Å². The van der Waals surface area contributed by atoms with Crippen molar-refractivity contribution in [1.29, 1.82) is 0 Å². The third kappa shape index (κ3) is 6.91. The Balaban J connectivity index is 4.62. The summed E-state index contributed by atoms with van der Waals surface area (Å²) in [7, 11) is 0. The maximum atomic E-state index is 11.9. The van der Waals surface area contributed by atoms with Crippen LogP contribution in [0.3, 0.4) is 0 Å². The summed E-state index contributed by atoms with van der Waals surface area (Å²) in [6, 6.07) is -1.33. The minimum Gasteiger partial charge on any atom is -0.347 e. The summed E-state index contributed by atoms with van der Waals surface area (Å²) in [6.07, 6.45) is 2.07. The molecule has 0 aromatic rings. The Morgan fingerprint density at radius 1 is 1.16 bits per heavy atom. The average molecular weight is 270 g/mol. The molecule has 0 aliphatic carbocycles. The number of hydrogen-bond donors (Lipinski definition) is 3. The van der Waals surface area contributed by atoms with E-state index in [1.165, 1.54) is 0 Å². The summed E-state index contributed by atoms with van der Waals surface area (Å²) >= 11 is 0. The van der Waals surface area contributed by atoms with Gasteiger partial charge in [-0.1, -0.05) is 27.7 Å². The van der Waals surface area contributed by atoms with Crippen LogP contribution in [0.1, 0.15) is 34.1 Å². The number of hydrogen-bond acceptors (Lipinski definition) is 4. The summed E-state index contributed by atoms with van der Waals surface area (Å²) in [6.45, 7) is 7.38. The quantitative estimate of drug-likeness (QED) is 0.565. The van der Waals surface area contributed by atoms with Gasteiger partial charge in [-0.15, -0.1) is 0 Å². The van der Waals surface area contributed by atoms with Crippen LogP contribution in [0.5, 0.6) is 0 Å².